The van der Waals surface area contributed by atoms with Crippen molar-refractivity contribution in [3.05, 3.63) is 52.9 Å². The Morgan fingerprint density at radius 3 is 3.04 bits per heavy atom. The number of aromatic amines is 1. The molecule has 1 unspecified atom stereocenters. The van der Waals surface area contributed by atoms with Crippen molar-refractivity contribution in [2.75, 3.05) is 0 Å². The van der Waals surface area contributed by atoms with Crippen molar-refractivity contribution >= 4 is 11.6 Å². The van der Waals surface area contributed by atoms with E-state index in [2.05, 4.69) is 48.3 Å². The molecular weight excluding hydrogens is 282 g/mol. The highest BCUT2D eigenvalue weighted by Crippen LogP contribution is 2.48. The van der Waals surface area contributed by atoms with Gasteiger partial charge in [-0.3, -0.25) is 0 Å². The molecule has 1 atom stereocenters. The van der Waals surface area contributed by atoms with Gasteiger partial charge in [-0.15, -0.1) is 0 Å². The lowest BCUT2D eigenvalue weighted by molar-refractivity contribution is 0.368. The van der Waals surface area contributed by atoms with Crippen LogP contribution < -0.4 is 4.74 Å². The number of rotatable bonds is 0. The molecule has 23 heavy (non-hydrogen) atoms. The van der Waals surface area contributed by atoms with Crippen LogP contribution in [0.1, 0.15) is 49.4 Å². The first-order valence-corrected chi connectivity index (χ1v) is 8.72. The Bertz CT molecular complexity index is 853. The molecule has 1 N–H and O–H groups in total. The van der Waals surface area contributed by atoms with E-state index >= 15 is 0 Å². The molecule has 2 heteroatoms. The molecule has 0 fully saturated rings. The van der Waals surface area contributed by atoms with E-state index in [4.69, 9.17) is 4.74 Å². The van der Waals surface area contributed by atoms with E-state index in [1.165, 1.54) is 45.8 Å². The number of nitrogens with one attached hydrogen (secondary N) is 1. The number of allylic oxidation sites excluding steroid dienone is 3. The highest BCUT2D eigenvalue weighted by atomic mass is 16.5. The first kappa shape index (κ1) is 13.2. The summed E-state index contributed by atoms with van der Waals surface area (Å²) in [4.78, 5) is 3.70. The van der Waals surface area contributed by atoms with Crippen molar-refractivity contribution in [1.29, 1.82) is 0 Å². The summed E-state index contributed by atoms with van der Waals surface area (Å²) < 4.78 is 6.38. The fraction of sp³-hybridized carbons (Fsp3) is 0.333. The van der Waals surface area contributed by atoms with Crippen LogP contribution in [0.25, 0.3) is 22.9 Å². The number of benzene rings is 1. The van der Waals surface area contributed by atoms with Crippen LogP contribution in [-0.2, 0) is 6.42 Å². The lowest BCUT2D eigenvalue weighted by Crippen LogP contribution is -2.11. The lowest BCUT2D eigenvalue weighted by atomic mass is 9.82. The fourth-order valence-electron chi connectivity index (χ4n) is 4.27. The molecule has 1 aromatic carbocycles. The molecule has 0 saturated carbocycles. The van der Waals surface area contributed by atoms with Crippen LogP contribution in [0.15, 0.2) is 36.1 Å². The minimum absolute atomic E-state index is 0.732. The number of hydrogen-bond acceptors (Lipinski definition) is 1. The molecule has 2 nitrogen and oxygen atoms in total. The maximum Gasteiger partial charge on any atom is 0.136 e. The Hall–Kier alpha value is -2.22. The maximum atomic E-state index is 6.38. The Balaban J connectivity index is 1.84. The number of fused-ring (bicyclic) bond motifs is 6. The topological polar surface area (TPSA) is 25.0 Å². The van der Waals surface area contributed by atoms with Gasteiger partial charge < -0.3 is 9.72 Å². The molecule has 5 rings (SSSR count). The predicted molar refractivity (Wildman–Crippen MR) is 94.1 cm³/mol. The summed E-state index contributed by atoms with van der Waals surface area (Å²) in [7, 11) is 0. The molecule has 1 aliphatic heterocycles. The molecule has 116 valence electrons. The van der Waals surface area contributed by atoms with Crippen molar-refractivity contribution in [3.8, 4) is 17.0 Å². The molecule has 1 aromatic heterocycles. The molecule has 2 aromatic rings. The zero-order valence-electron chi connectivity index (χ0n) is 13.5. The zero-order valence-corrected chi connectivity index (χ0v) is 13.5. The molecule has 0 radical (unpaired) electrons. The van der Waals surface area contributed by atoms with Crippen molar-refractivity contribution in [3.63, 3.8) is 0 Å². The number of H-pyrrole nitrogens is 1. The van der Waals surface area contributed by atoms with E-state index in [1.54, 1.807) is 0 Å². The quantitative estimate of drug-likeness (QED) is 0.676. The van der Waals surface area contributed by atoms with Gasteiger partial charge in [-0.25, -0.2) is 0 Å². The third-order valence-corrected chi connectivity index (χ3v) is 5.43. The summed E-state index contributed by atoms with van der Waals surface area (Å²) >= 11 is 0. The van der Waals surface area contributed by atoms with E-state index in [9.17, 15) is 0 Å². The minimum atomic E-state index is 0.732. The zero-order chi connectivity index (χ0) is 15.4. The SMILES string of the molecule is CC1CCC2=C(C1)c1c([nH]c3c1CCC=C3)-c1ccccc1O2. The summed E-state index contributed by atoms with van der Waals surface area (Å²) in [6.07, 6.45) is 10.2. The Kier molecular flexibility index (Phi) is 2.81. The normalized spacial score (nSPS) is 21.7. The smallest absolute Gasteiger partial charge is 0.136 e. The van der Waals surface area contributed by atoms with Crippen molar-refractivity contribution in [2.24, 2.45) is 5.92 Å². The molecule has 2 heterocycles. The minimum Gasteiger partial charge on any atom is -0.461 e. The molecule has 0 saturated heterocycles. The summed E-state index contributed by atoms with van der Waals surface area (Å²) in [5.41, 5.74) is 8.13. The third-order valence-electron chi connectivity index (χ3n) is 5.43. The Morgan fingerprint density at radius 1 is 1.17 bits per heavy atom. The van der Waals surface area contributed by atoms with Crippen LogP contribution in [-0.4, -0.2) is 4.98 Å². The van der Waals surface area contributed by atoms with Crippen LogP contribution in [0.2, 0.25) is 0 Å². The maximum absolute atomic E-state index is 6.38. The molecule has 2 aliphatic carbocycles. The summed E-state index contributed by atoms with van der Waals surface area (Å²) in [6, 6.07) is 8.46. The second kappa shape index (κ2) is 4.89. The van der Waals surface area contributed by atoms with E-state index in [0.717, 1.165) is 37.4 Å². The number of ether oxygens (including phenoxy) is 1. The molecule has 0 spiro atoms. The molecule has 0 amide bonds. The number of aromatic nitrogens is 1. The second-order valence-corrected chi connectivity index (χ2v) is 7.06. The van der Waals surface area contributed by atoms with Crippen molar-refractivity contribution < 1.29 is 4.74 Å². The first-order valence-electron chi connectivity index (χ1n) is 8.72. The van der Waals surface area contributed by atoms with Gasteiger partial charge >= 0.3 is 0 Å². The van der Waals surface area contributed by atoms with Gasteiger partial charge in [0, 0.05) is 28.8 Å². The van der Waals surface area contributed by atoms with Crippen molar-refractivity contribution in [1.82, 2.24) is 4.98 Å². The highest BCUT2D eigenvalue weighted by molar-refractivity contribution is 5.89. The van der Waals surface area contributed by atoms with Crippen LogP contribution in [0.5, 0.6) is 5.75 Å². The van der Waals surface area contributed by atoms with Gasteiger partial charge in [0.05, 0.1) is 5.69 Å². The standard InChI is InChI=1S/C21H21NO/c1-13-10-11-19-16(12-13)20-14-6-2-4-8-17(14)22-21(20)15-7-3-5-9-18(15)23-19/h3-5,7-9,13,22H,2,6,10-12H2,1H3. The van der Waals surface area contributed by atoms with Crippen molar-refractivity contribution in [2.45, 2.75) is 39.0 Å². The summed E-state index contributed by atoms with van der Waals surface area (Å²) in [5, 5.41) is 0. The van der Waals surface area contributed by atoms with Crippen LogP contribution in [0.4, 0.5) is 0 Å². The van der Waals surface area contributed by atoms with Gasteiger partial charge in [-0.2, -0.15) is 0 Å². The van der Waals surface area contributed by atoms with Crippen LogP contribution in [0, 0.1) is 5.92 Å². The third kappa shape index (κ3) is 1.94. The largest absolute Gasteiger partial charge is 0.461 e. The van der Waals surface area contributed by atoms with Gasteiger partial charge in [0.1, 0.15) is 11.5 Å². The lowest BCUT2D eigenvalue weighted by Gasteiger charge is -2.24. The van der Waals surface area contributed by atoms with Gasteiger partial charge in [-0.05, 0) is 55.4 Å². The average Bonchev–Trinajstić information content (AvgIpc) is 2.90. The highest BCUT2D eigenvalue weighted by Gasteiger charge is 2.31. The summed E-state index contributed by atoms with van der Waals surface area (Å²) in [5.74, 6) is 2.93. The first-order chi connectivity index (χ1) is 11.3. The van der Waals surface area contributed by atoms with Crippen LogP contribution >= 0.6 is 0 Å². The molecule has 0 bridgehead atoms. The second-order valence-electron chi connectivity index (χ2n) is 7.06. The van der Waals surface area contributed by atoms with Gasteiger partial charge in [0.25, 0.3) is 0 Å². The molecular formula is C21H21NO. The Labute approximate surface area is 136 Å². The monoisotopic (exact) mass is 303 g/mol. The van der Waals surface area contributed by atoms with E-state index in [1.807, 2.05) is 0 Å². The number of hydrogen-bond donors (Lipinski definition) is 1. The van der Waals surface area contributed by atoms with Gasteiger partial charge in [0.2, 0.25) is 0 Å². The Morgan fingerprint density at radius 2 is 2.09 bits per heavy atom. The predicted octanol–water partition coefficient (Wildman–Crippen LogP) is 5.56. The van der Waals surface area contributed by atoms with Crippen LogP contribution in [0.3, 0.4) is 0 Å². The number of para-hydroxylation sites is 1. The van der Waals surface area contributed by atoms with E-state index < -0.39 is 0 Å². The van der Waals surface area contributed by atoms with E-state index in [-0.39, 0.29) is 0 Å². The van der Waals surface area contributed by atoms with E-state index in [0.29, 0.717) is 0 Å². The fourth-order valence-corrected chi connectivity index (χ4v) is 4.27. The summed E-state index contributed by atoms with van der Waals surface area (Å²) in [6.45, 7) is 2.36. The average molecular weight is 303 g/mol. The van der Waals surface area contributed by atoms with Gasteiger partial charge in [0.15, 0.2) is 0 Å². The van der Waals surface area contributed by atoms with Gasteiger partial charge in [-0.1, -0.05) is 25.1 Å². The molecule has 3 aliphatic rings.